The summed E-state index contributed by atoms with van der Waals surface area (Å²) in [5, 5.41) is 9.96. The molecule has 0 saturated heterocycles. The highest BCUT2D eigenvalue weighted by molar-refractivity contribution is 6.00. The van der Waals surface area contributed by atoms with Gasteiger partial charge in [0.2, 0.25) is 5.78 Å². The minimum atomic E-state index is -6.03. The van der Waals surface area contributed by atoms with E-state index in [0.717, 1.165) is 0 Å². The molecule has 0 atom stereocenters. The fourth-order valence-electron chi connectivity index (χ4n) is 1.53. The number of benzene rings is 1. The molecule has 0 amide bonds. The van der Waals surface area contributed by atoms with E-state index in [2.05, 4.69) is 0 Å². The smallest absolute Gasteiger partial charge is 0.461 e. The van der Waals surface area contributed by atoms with Gasteiger partial charge < -0.3 is 9.52 Å². The van der Waals surface area contributed by atoms with E-state index >= 15 is 0 Å². The number of carbonyl (C=O) groups is 1. The first kappa shape index (κ1) is 15.0. The summed E-state index contributed by atoms with van der Waals surface area (Å²) in [7, 11) is 0. The van der Waals surface area contributed by atoms with E-state index in [0.29, 0.717) is 5.39 Å². The average Bonchev–Trinajstić information content (AvgIpc) is 2.80. The van der Waals surface area contributed by atoms with Gasteiger partial charge in [-0.05, 0) is 12.1 Å². The van der Waals surface area contributed by atoms with Gasteiger partial charge in [-0.3, -0.25) is 4.79 Å². The summed E-state index contributed by atoms with van der Waals surface area (Å²) in [5.74, 6) is -9.65. The normalized spacial score (nSPS) is 13.7. The molecule has 1 heterocycles. The number of fused-ring (bicyclic) bond motifs is 1. The quantitative estimate of drug-likeness (QED) is 0.527. The zero-order valence-corrected chi connectivity index (χ0v) is 10.1. The molecule has 21 heavy (non-hydrogen) atoms. The van der Waals surface area contributed by atoms with E-state index in [9.17, 15) is 31.9 Å². The zero-order chi connectivity index (χ0) is 15.8. The van der Waals surface area contributed by atoms with Gasteiger partial charge in [-0.2, -0.15) is 22.0 Å². The van der Waals surface area contributed by atoms with E-state index < -0.39 is 23.6 Å². The van der Waals surface area contributed by atoms with Crippen LogP contribution in [0.4, 0.5) is 22.0 Å². The number of carbonyl (C=O) groups excluding carboxylic acids is 1. The predicted molar refractivity (Wildman–Crippen MR) is 62.8 cm³/mol. The number of ketones is 1. The van der Waals surface area contributed by atoms with Gasteiger partial charge in [0.25, 0.3) is 0 Å². The van der Waals surface area contributed by atoms with Gasteiger partial charge in [0, 0.05) is 11.5 Å². The molecule has 1 aromatic heterocycles. The van der Waals surface area contributed by atoms with Gasteiger partial charge in [0.15, 0.2) is 11.5 Å². The number of halogens is 5. The molecule has 0 aliphatic rings. The molecule has 0 spiro atoms. The number of hydrogen-bond donors (Lipinski definition) is 1. The summed E-state index contributed by atoms with van der Waals surface area (Å²) in [5.41, 5.74) is 0.280. The predicted octanol–water partition coefficient (Wildman–Crippen LogP) is 4.10. The van der Waals surface area contributed by atoms with Crippen molar-refractivity contribution in [2.45, 2.75) is 12.1 Å². The van der Waals surface area contributed by atoms with Crippen molar-refractivity contribution in [3.05, 3.63) is 42.2 Å². The summed E-state index contributed by atoms with van der Waals surface area (Å²) < 4.78 is 66.5. The number of allylic oxidation sites excluding steroid dienone is 1. The number of furan rings is 1. The summed E-state index contributed by atoms with van der Waals surface area (Å²) in [6, 6.07) is 7.50. The summed E-state index contributed by atoms with van der Waals surface area (Å²) in [4.78, 5) is 11.0. The van der Waals surface area contributed by atoms with Crippen molar-refractivity contribution in [3.8, 4) is 0 Å². The molecule has 0 bridgehead atoms. The van der Waals surface area contributed by atoms with Crippen molar-refractivity contribution < 1.29 is 36.3 Å². The van der Waals surface area contributed by atoms with E-state index in [1.165, 1.54) is 12.1 Å². The van der Waals surface area contributed by atoms with Crippen molar-refractivity contribution in [1.82, 2.24) is 0 Å². The lowest BCUT2D eigenvalue weighted by molar-refractivity contribution is -0.266. The molecule has 112 valence electrons. The molecule has 0 aliphatic carbocycles. The Balaban J connectivity index is 2.34. The van der Waals surface area contributed by atoms with Crippen LogP contribution in [0, 0.1) is 0 Å². The van der Waals surface area contributed by atoms with E-state index in [1.807, 2.05) is 0 Å². The van der Waals surface area contributed by atoms with Crippen LogP contribution in [0.2, 0.25) is 0 Å². The Labute approximate surface area is 114 Å². The first-order valence-corrected chi connectivity index (χ1v) is 5.51. The van der Waals surface area contributed by atoms with Gasteiger partial charge in [-0.25, -0.2) is 0 Å². The van der Waals surface area contributed by atoms with Crippen LogP contribution in [0.5, 0.6) is 0 Å². The van der Waals surface area contributed by atoms with Crippen LogP contribution in [0.25, 0.3) is 16.7 Å². The molecule has 0 saturated carbocycles. The Morgan fingerprint density at radius 1 is 1.14 bits per heavy atom. The highest BCUT2D eigenvalue weighted by atomic mass is 19.4. The zero-order valence-electron chi connectivity index (χ0n) is 10.1. The topological polar surface area (TPSA) is 50.4 Å². The van der Waals surface area contributed by atoms with Crippen molar-refractivity contribution in [2.24, 2.45) is 0 Å². The van der Waals surface area contributed by atoms with Gasteiger partial charge >= 0.3 is 12.1 Å². The molecular formula is C13H7F5O3. The molecule has 0 fully saturated rings. The van der Waals surface area contributed by atoms with Crippen LogP contribution >= 0.6 is 0 Å². The first-order chi connectivity index (χ1) is 9.63. The minimum Gasteiger partial charge on any atom is -0.504 e. The molecule has 1 N–H and O–H groups in total. The Kier molecular flexibility index (Phi) is 3.48. The third-order valence-corrected chi connectivity index (χ3v) is 2.61. The summed E-state index contributed by atoms with van der Waals surface area (Å²) in [6.45, 7) is 0. The van der Waals surface area contributed by atoms with Gasteiger partial charge in [-0.15, -0.1) is 0 Å². The number of aliphatic hydroxyl groups excluding tert-OH is 1. The largest absolute Gasteiger partial charge is 0.504 e. The lowest BCUT2D eigenvalue weighted by Crippen LogP contribution is -2.43. The number of hydrogen-bond acceptors (Lipinski definition) is 3. The van der Waals surface area contributed by atoms with Crippen LogP contribution in [0.3, 0.4) is 0 Å². The van der Waals surface area contributed by atoms with Gasteiger partial charge in [-0.1, -0.05) is 18.2 Å². The van der Waals surface area contributed by atoms with E-state index in [4.69, 9.17) is 4.42 Å². The maximum absolute atomic E-state index is 12.7. The first-order valence-electron chi connectivity index (χ1n) is 5.51. The molecule has 1 aromatic carbocycles. The second-order valence-corrected chi connectivity index (χ2v) is 4.11. The van der Waals surface area contributed by atoms with E-state index in [1.54, 1.807) is 18.2 Å². The van der Waals surface area contributed by atoms with Crippen LogP contribution < -0.4 is 0 Å². The van der Waals surface area contributed by atoms with Crippen LogP contribution in [-0.4, -0.2) is 23.0 Å². The Hall–Kier alpha value is -2.38. The third kappa shape index (κ3) is 2.74. The van der Waals surface area contributed by atoms with Crippen LogP contribution in [0.1, 0.15) is 5.76 Å². The average molecular weight is 306 g/mol. The monoisotopic (exact) mass is 306 g/mol. The highest BCUT2D eigenvalue weighted by Crippen LogP contribution is 2.37. The molecular weight excluding hydrogens is 299 g/mol. The number of rotatable bonds is 3. The lowest BCUT2D eigenvalue weighted by Gasteiger charge is -2.16. The fraction of sp³-hybridized carbons (Fsp3) is 0.154. The van der Waals surface area contributed by atoms with Crippen LogP contribution in [0.15, 0.2) is 40.8 Å². The maximum atomic E-state index is 12.7. The van der Waals surface area contributed by atoms with Gasteiger partial charge in [0.05, 0.1) is 0 Å². The lowest BCUT2D eigenvalue weighted by atomic mass is 10.1. The Morgan fingerprint density at radius 2 is 1.76 bits per heavy atom. The van der Waals surface area contributed by atoms with Crippen molar-refractivity contribution in [1.29, 1.82) is 0 Å². The van der Waals surface area contributed by atoms with E-state index in [-0.39, 0.29) is 17.4 Å². The summed E-state index contributed by atoms with van der Waals surface area (Å²) in [6.07, 6.45) is -6.24. The van der Waals surface area contributed by atoms with Gasteiger partial charge in [0.1, 0.15) is 5.58 Å². The minimum absolute atomic E-state index is 0.203. The standard InChI is InChI=1S/C13H7F5O3/c14-12(15,13(16,17)18)11(20)6-8(19)10-5-7-3-1-2-4-9(7)21-10/h1-6,19H/b8-6-. The third-order valence-electron chi connectivity index (χ3n) is 2.61. The maximum Gasteiger partial charge on any atom is 0.461 e. The SMILES string of the molecule is O=C(/C=C(\O)c1cc2ccccc2o1)C(F)(F)C(F)(F)F. The Bertz CT molecular complexity index is 679. The number of alkyl halides is 5. The number of para-hydroxylation sites is 1. The second kappa shape index (κ2) is 4.87. The molecule has 0 aliphatic heterocycles. The fourth-order valence-corrected chi connectivity index (χ4v) is 1.53. The molecule has 0 radical (unpaired) electrons. The highest BCUT2D eigenvalue weighted by Gasteiger charge is 2.62. The molecule has 2 rings (SSSR count). The molecule has 3 nitrogen and oxygen atoms in total. The van der Waals surface area contributed by atoms with Crippen molar-refractivity contribution >= 4 is 22.5 Å². The molecule has 8 heteroatoms. The molecule has 2 aromatic rings. The summed E-state index contributed by atoms with van der Waals surface area (Å²) >= 11 is 0. The van der Waals surface area contributed by atoms with Crippen molar-refractivity contribution in [3.63, 3.8) is 0 Å². The second-order valence-electron chi connectivity index (χ2n) is 4.11. The molecule has 0 unspecified atom stereocenters. The van der Waals surface area contributed by atoms with Crippen LogP contribution in [-0.2, 0) is 4.79 Å². The van der Waals surface area contributed by atoms with Crippen molar-refractivity contribution in [2.75, 3.05) is 0 Å². The Morgan fingerprint density at radius 3 is 2.33 bits per heavy atom. The number of aliphatic hydroxyl groups is 1.